The minimum atomic E-state index is 0. The molecule has 3 nitrogen and oxygen atoms in total. The zero-order valence-corrected chi connectivity index (χ0v) is 10.5. The average Bonchev–Trinajstić information content (AvgIpc) is 2.25. The predicted octanol–water partition coefficient (Wildman–Crippen LogP) is 1.73. The third kappa shape index (κ3) is 3.74. The second-order valence-electron chi connectivity index (χ2n) is 4.42. The number of aromatic nitrogens is 1. The van der Waals surface area contributed by atoms with Crippen LogP contribution in [0.25, 0.3) is 0 Å². The summed E-state index contributed by atoms with van der Waals surface area (Å²) in [4.78, 5) is 6.76. The Balaban J connectivity index is 0.00000128. The number of rotatable bonds is 2. The molecule has 0 amide bonds. The summed E-state index contributed by atoms with van der Waals surface area (Å²) in [7, 11) is 0. The first-order valence-electron chi connectivity index (χ1n) is 5.63. The van der Waals surface area contributed by atoms with Crippen LogP contribution in [0.5, 0.6) is 0 Å². The van der Waals surface area contributed by atoms with E-state index in [4.69, 9.17) is 5.73 Å². The Morgan fingerprint density at radius 1 is 1.38 bits per heavy atom. The lowest BCUT2D eigenvalue weighted by Crippen LogP contribution is -2.39. The number of likely N-dealkylation sites (tertiary alicyclic amines) is 1. The Kier molecular flexibility index (Phi) is 5.19. The minimum absolute atomic E-state index is 0. The van der Waals surface area contributed by atoms with Crippen molar-refractivity contribution < 1.29 is 0 Å². The van der Waals surface area contributed by atoms with Gasteiger partial charge in [-0.25, -0.2) is 0 Å². The zero-order valence-electron chi connectivity index (χ0n) is 9.72. The summed E-state index contributed by atoms with van der Waals surface area (Å²) in [6.07, 6.45) is 4.22. The lowest BCUT2D eigenvalue weighted by Gasteiger charge is -2.29. The second kappa shape index (κ2) is 6.18. The van der Waals surface area contributed by atoms with E-state index in [0.29, 0.717) is 6.04 Å². The molecule has 1 fully saturated rings. The third-order valence-electron chi connectivity index (χ3n) is 3.01. The van der Waals surface area contributed by atoms with Gasteiger partial charge in [-0.1, -0.05) is 6.07 Å². The SMILES string of the molecule is Cc1ccc(CN2CCC(N)CC2)cn1.Cl. The molecule has 0 radical (unpaired) electrons. The molecule has 1 aromatic rings. The second-order valence-corrected chi connectivity index (χ2v) is 4.42. The molecule has 0 aromatic carbocycles. The zero-order chi connectivity index (χ0) is 10.7. The van der Waals surface area contributed by atoms with Gasteiger partial charge in [0, 0.05) is 24.5 Å². The molecule has 0 atom stereocenters. The molecular weight excluding hydrogens is 222 g/mol. The number of halogens is 1. The van der Waals surface area contributed by atoms with Crippen molar-refractivity contribution in [2.24, 2.45) is 5.73 Å². The van der Waals surface area contributed by atoms with Gasteiger partial charge >= 0.3 is 0 Å². The van der Waals surface area contributed by atoms with Gasteiger partial charge in [-0.15, -0.1) is 12.4 Å². The Morgan fingerprint density at radius 2 is 2.06 bits per heavy atom. The molecule has 2 heterocycles. The van der Waals surface area contributed by atoms with E-state index in [2.05, 4.69) is 22.0 Å². The van der Waals surface area contributed by atoms with Crippen LogP contribution in [0, 0.1) is 6.92 Å². The summed E-state index contributed by atoms with van der Waals surface area (Å²) in [6, 6.07) is 4.65. The quantitative estimate of drug-likeness (QED) is 0.858. The molecule has 0 unspecified atom stereocenters. The maximum Gasteiger partial charge on any atom is 0.0372 e. The van der Waals surface area contributed by atoms with Crippen molar-refractivity contribution in [2.45, 2.75) is 32.4 Å². The fraction of sp³-hybridized carbons (Fsp3) is 0.583. The highest BCUT2D eigenvalue weighted by atomic mass is 35.5. The van der Waals surface area contributed by atoms with Crippen molar-refractivity contribution >= 4 is 12.4 Å². The van der Waals surface area contributed by atoms with Crippen molar-refractivity contribution in [1.82, 2.24) is 9.88 Å². The Hall–Kier alpha value is -0.640. The summed E-state index contributed by atoms with van der Waals surface area (Å²) in [5.74, 6) is 0. The molecule has 0 aliphatic carbocycles. The number of piperidine rings is 1. The van der Waals surface area contributed by atoms with Crippen LogP contribution in [0.15, 0.2) is 18.3 Å². The van der Waals surface area contributed by atoms with Gasteiger partial charge in [0.2, 0.25) is 0 Å². The maximum atomic E-state index is 5.87. The van der Waals surface area contributed by atoms with Crippen LogP contribution in [0.2, 0.25) is 0 Å². The van der Waals surface area contributed by atoms with Crippen molar-refractivity contribution in [3.05, 3.63) is 29.6 Å². The standard InChI is InChI=1S/C12H19N3.ClH/c1-10-2-3-11(8-14-10)9-15-6-4-12(13)5-7-15;/h2-3,8,12H,4-7,9,13H2,1H3;1H. The molecule has 1 aliphatic heterocycles. The molecule has 4 heteroatoms. The average molecular weight is 242 g/mol. The molecule has 1 saturated heterocycles. The Morgan fingerprint density at radius 3 is 2.62 bits per heavy atom. The van der Waals surface area contributed by atoms with Gasteiger partial charge in [0.05, 0.1) is 0 Å². The number of aryl methyl sites for hydroxylation is 1. The van der Waals surface area contributed by atoms with E-state index in [1.807, 2.05) is 13.1 Å². The van der Waals surface area contributed by atoms with Crippen LogP contribution in [-0.2, 0) is 6.54 Å². The predicted molar refractivity (Wildman–Crippen MR) is 68.7 cm³/mol. The van der Waals surface area contributed by atoms with E-state index in [0.717, 1.165) is 38.2 Å². The monoisotopic (exact) mass is 241 g/mol. The Labute approximate surface area is 103 Å². The lowest BCUT2D eigenvalue weighted by atomic mass is 10.1. The lowest BCUT2D eigenvalue weighted by molar-refractivity contribution is 0.205. The highest BCUT2D eigenvalue weighted by Crippen LogP contribution is 2.12. The number of pyridine rings is 1. The van der Waals surface area contributed by atoms with Crippen LogP contribution in [-0.4, -0.2) is 29.0 Å². The third-order valence-corrected chi connectivity index (χ3v) is 3.01. The van der Waals surface area contributed by atoms with Crippen molar-refractivity contribution in [3.8, 4) is 0 Å². The summed E-state index contributed by atoms with van der Waals surface area (Å²) >= 11 is 0. The van der Waals surface area contributed by atoms with Gasteiger partial charge in [-0.3, -0.25) is 9.88 Å². The van der Waals surface area contributed by atoms with Crippen LogP contribution in [0.1, 0.15) is 24.1 Å². The first-order chi connectivity index (χ1) is 7.24. The highest BCUT2D eigenvalue weighted by molar-refractivity contribution is 5.85. The van der Waals surface area contributed by atoms with Crippen LogP contribution >= 0.6 is 12.4 Å². The number of nitrogens with two attached hydrogens (primary N) is 1. The van der Waals surface area contributed by atoms with E-state index in [-0.39, 0.29) is 12.4 Å². The molecular formula is C12H20ClN3. The van der Waals surface area contributed by atoms with Gasteiger partial charge in [-0.05, 0) is 44.5 Å². The van der Waals surface area contributed by atoms with Crippen molar-refractivity contribution in [2.75, 3.05) is 13.1 Å². The van der Waals surface area contributed by atoms with E-state index in [1.165, 1.54) is 5.56 Å². The van der Waals surface area contributed by atoms with E-state index in [9.17, 15) is 0 Å². The Bertz CT molecular complexity index is 305. The van der Waals surface area contributed by atoms with E-state index in [1.54, 1.807) is 0 Å². The summed E-state index contributed by atoms with van der Waals surface area (Å²) < 4.78 is 0. The number of hydrogen-bond donors (Lipinski definition) is 1. The first kappa shape index (κ1) is 13.4. The number of hydrogen-bond acceptors (Lipinski definition) is 3. The topological polar surface area (TPSA) is 42.1 Å². The normalized spacial score (nSPS) is 18.1. The van der Waals surface area contributed by atoms with Gasteiger partial charge in [0.1, 0.15) is 0 Å². The van der Waals surface area contributed by atoms with E-state index >= 15 is 0 Å². The number of nitrogens with zero attached hydrogens (tertiary/aromatic N) is 2. The largest absolute Gasteiger partial charge is 0.328 e. The first-order valence-corrected chi connectivity index (χ1v) is 5.63. The molecule has 90 valence electrons. The fourth-order valence-corrected chi connectivity index (χ4v) is 1.96. The molecule has 2 rings (SSSR count). The molecule has 1 aliphatic rings. The molecule has 1 aromatic heterocycles. The summed E-state index contributed by atoms with van der Waals surface area (Å²) in [5, 5.41) is 0. The maximum absolute atomic E-state index is 5.87. The fourth-order valence-electron chi connectivity index (χ4n) is 1.96. The van der Waals surface area contributed by atoms with Gasteiger partial charge in [0.15, 0.2) is 0 Å². The molecule has 16 heavy (non-hydrogen) atoms. The van der Waals surface area contributed by atoms with Gasteiger partial charge in [0.25, 0.3) is 0 Å². The summed E-state index contributed by atoms with van der Waals surface area (Å²) in [5.41, 5.74) is 8.26. The smallest absolute Gasteiger partial charge is 0.0372 e. The summed E-state index contributed by atoms with van der Waals surface area (Å²) in [6.45, 7) is 5.27. The highest BCUT2D eigenvalue weighted by Gasteiger charge is 2.15. The molecule has 0 spiro atoms. The van der Waals surface area contributed by atoms with Gasteiger partial charge in [-0.2, -0.15) is 0 Å². The van der Waals surface area contributed by atoms with Crippen molar-refractivity contribution in [1.29, 1.82) is 0 Å². The van der Waals surface area contributed by atoms with Crippen LogP contribution in [0.4, 0.5) is 0 Å². The van der Waals surface area contributed by atoms with E-state index < -0.39 is 0 Å². The minimum Gasteiger partial charge on any atom is -0.328 e. The molecule has 0 bridgehead atoms. The van der Waals surface area contributed by atoms with Crippen LogP contribution < -0.4 is 5.73 Å². The van der Waals surface area contributed by atoms with Crippen molar-refractivity contribution in [3.63, 3.8) is 0 Å². The van der Waals surface area contributed by atoms with Crippen LogP contribution in [0.3, 0.4) is 0 Å². The molecule has 0 saturated carbocycles. The van der Waals surface area contributed by atoms with Gasteiger partial charge < -0.3 is 5.73 Å². The molecule has 2 N–H and O–H groups in total.